The maximum Gasteiger partial charge on any atom is 0.266 e. The molecule has 26 heavy (non-hydrogen) atoms. The standard InChI is InChI=1S/C16H18ClN5O3S/c1-7(2)19-14(24)9-5-4-8(6-10(9)17)20-13-11(12(18)23)15(25)22-16(21-13)26-3/h4-7H,1-3H3,(H2,18,23)(H,19,24)(H2,20,21,22,25). The lowest BCUT2D eigenvalue weighted by Gasteiger charge is -2.13. The van der Waals surface area contributed by atoms with Crippen molar-refractivity contribution >= 4 is 46.7 Å². The second-order valence-electron chi connectivity index (χ2n) is 5.61. The number of thioether (sulfide) groups is 1. The first-order chi connectivity index (χ1) is 12.2. The first-order valence-corrected chi connectivity index (χ1v) is 9.18. The summed E-state index contributed by atoms with van der Waals surface area (Å²) >= 11 is 7.39. The highest BCUT2D eigenvalue weighted by Crippen LogP contribution is 2.24. The summed E-state index contributed by atoms with van der Waals surface area (Å²) in [6.45, 7) is 3.68. The third kappa shape index (κ3) is 4.55. The number of aromatic nitrogens is 2. The van der Waals surface area contributed by atoms with Crippen molar-refractivity contribution in [2.24, 2.45) is 5.73 Å². The first kappa shape index (κ1) is 19.8. The van der Waals surface area contributed by atoms with Crippen molar-refractivity contribution in [3.05, 3.63) is 44.7 Å². The van der Waals surface area contributed by atoms with E-state index in [0.717, 1.165) is 0 Å². The van der Waals surface area contributed by atoms with Crippen LogP contribution < -0.4 is 21.9 Å². The molecule has 0 bridgehead atoms. The van der Waals surface area contributed by atoms with E-state index >= 15 is 0 Å². The minimum atomic E-state index is -0.909. The zero-order valence-corrected chi connectivity index (χ0v) is 15.9. The van der Waals surface area contributed by atoms with Crippen molar-refractivity contribution in [1.29, 1.82) is 0 Å². The monoisotopic (exact) mass is 395 g/mol. The third-order valence-electron chi connectivity index (χ3n) is 3.23. The Labute approximate surface area is 158 Å². The molecule has 1 aromatic heterocycles. The molecular formula is C16H18ClN5O3S. The molecule has 1 aromatic carbocycles. The van der Waals surface area contributed by atoms with Crippen molar-refractivity contribution < 1.29 is 9.59 Å². The number of hydrogen-bond acceptors (Lipinski definition) is 6. The number of anilines is 2. The summed E-state index contributed by atoms with van der Waals surface area (Å²) in [5, 5.41) is 6.14. The SMILES string of the molecule is CSc1nc(Nc2ccc(C(=O)NC(C)C)c(Cl)c2)c(C(N)=O)c(=O)[nH]1. The summed E-state index contributed by atoms with van der Waals surface area (Å²) in [6.07, 6.45) is 1.73. The molecule has 138 valence electrons. The van der Waals surface area contributed by atoms with Gasteiger partial charge in [-0.05, 0) is 38.3 Å². The Morgan fingerprint density at radius 3 is 2.58 bits per heavy atom. The van der Waals surface area contributed by atoms with Crippen LogP contribution >= 0.6 is 23.4 Å². The number of halogens is 1. The van der Waals surface area contributed by atoms with Crippen LogP contribution in [-0.2, 0) is 0 Å². The molecule has 0 unspecified atom stereocenters. The predicted octanol–water partition coefficient (Wildman–Crippen LogP) is 2.13. The number of H-pyrrole nitrogens is 1. The predicted molar refractivity (Wildman–Crippen MR) is 102 cm³/mol. The summed E-state index contributed by atoms with van der Waals surface area (Å²) in [6, 6.07) is 4.60. The maximum atomic E-state index is 12.1. The Morgan fingerprint density at radius 1 is 1.35 bits per heavy atom. The van der Waals surface area contributed by atoms with Gasteiger partial charge in [0, 0.05) is 11.7 Å². The number of hydrogen-bond donors (Lipinski definition) is 4. The van der Waals surface area contributed by atoms with Crippen LogP contribution in [0.3, 0.4) is 0 Å². The van der Waals surface area contributed by atoms with E-state index in [0.29, 0.717) is 16.4 Å². The molecule has 2 rings (SSSR count). The van der Waals surface area contributed by atoms with Crippen LogP contribution in [0.15, 0.2) is 28.2 Å². The number of carbonyl (C=O) groups excluding carboxylic acids is 2. The van der Waals surface area contributed by atoms with Crippen molar-refractivity contribution in [3.63, 3.8) is 0 Å². The van der Waals surface area contributed by atoms with E-state index in [-0.39, 0.29) is 28.4 Å². The van der Waals surface area contributed by atoms with E-state index in [2.05, 4.69) is 20.6 Å². The number of aromatic amines is 1. The van der Waals surface area contributed by atoms with Gasteiger partial charge in [-0.2, -0.15) is 0 Å². The lowest BCUT2D eigenvalue weighted by atomic mass is 10.1. The molecule has 1 heterocycles. The quantitative estimate of drug-likeness (QED) is 0.438. The van der Waals surface area contributed by atoms with Crippen molar-refractivity contribution in [1.82, 2.24) is 15.3 Å². The van der Waals surface area contributed by atoms with Gasteiger partial charge < -0.3 is 21.4 Å². The lowest BCUT2D eigenvalue weighted by Crippen LogP contribution is -2.30. The Balaban J connectivity index is 2.39. The van der Waals surface area contributed by atoms with Crippen molar-refractivity contribution in [2.75, 3.05) is 11.6 Å². The molecule has 2 amide bonds. The highest BCUT2D eigenvalue weighted by Gasteiger charge is 2.18. The molecule has 2 aromatic rings. The van der Waals surface area contributed by atoms with Gasteiger partial charge >= 0.3 is 0 Å². The number of nitrogens with one attached hydrogen (secondary N) is 3. The van der Waals surface area contributed by atoms with E-state index in [4.69, 9.17) is 17.3 Å². The molecule has 8 nitrogen and oxygen atoms in total. The lowest BCUT2D eigenvalue weighted by molar-refractivity contribution is 0.0942. The van der Waals surface area contributed by atoms with Crippen molar-refractivity contribution in [2.45, 2.75) is 25.0 Å². The Kier molecular flexibility index (Phi) is 6.27. The van der Waals surface area contributed by atoms with Gasteiger partial charge in [0.25, 0.3) is 17.4 Å². The molecule has 0 radical (unpaired) electrons. The fourth-order valence-electron chi connectivity index (χ4n) is 2.12. The van der Waals surface area contributed by atoms with Gasteiger partial charge in [0.05, 0.1) is 10.6 Å². The Bertz CT molecular complexity index is 913. The van der Waals surface area contributed by atoms with E-state index in [9.17, 15) is 14.4 Å². The number of benzene rings is 1. The fraction of sp³-hybridized carbons (Fsp3) is 0.250. The van der Waals surface area contributed by atoms with Gasteiger partial charge in [-0.25, -0.2) is 4.98 Å². The van der Waals surface area contributed by atoms with Crippen LogP contribution in [0.2, 0.25) is 5.02 Å². The summed E-state index contributed by atoms with van der Waals surface area (Å²) in [4.78, 5) is 42.3. The van der Waals surface area contributed by atoms with Gasteiger partial charge in [-0.1, -0.05) is 23.4 Å². The summed E-state index contributed by atoms with van der Waals surface area (Å²) in [7, 11) is 0. The summed E-state index contributed by atoms with van der Waals surface area (Å²) in [5.41, 5.74) is 5.10. The average molecular weight is 396 g/mol. The Hall–Kier alpha value is -2.52. The van der Waals surface area contributed by atoms with Gasteiger partial charge in [-0.3, -0.25) is 14.4 Å². The number of amides is 2. The van der Waals surface area contributed by atoms with Crippen LogP contribution in [0, 0.1) is 0 Å². The number of nitrogens with zero attached hydrogens (tertiary/aromatic N) is 1. The molecular weight excluding hydrogens is 378 g/mol. The van der Waals surface area contributed by atoms with Crippen LogP contribution in [0.1, 0.15) is 34.6 Å². The first-order valence-electron chi connectivity index (χ1n) is 7.58. The van der Waals surface area contributed by atoms with Gasteiger partial charge in [-0.15, -0.1) is 0 Å². The van der Waals surface area contributed by atoms with Crippen LogP contribution in [0.5, 0.6) is 0 Å². The fourth-order valence-corrected chi connectivity index (χ4v) is 2.77. The maximum absolute atomic E-state index is 12.1. The molecule has 0 spiro atoms. The Morgan fingerprint density at radius 2 is 2.04 bits per heavy atom. The van der Waals surface area contributed by atoms with E-state index < -0.39 is 11.5 Å². The molecule has 0 aliphatic rings. The van der Waals surface area contributed by atoms with E-state index in [1.165, 1.54) is 23.9 Å². The molecule has 10 heteroatoms. The number of primary amides is 1. The molecule has 0 saturated heterocycles. The van der Waals surface area contributed by atoms with Gasteiger partial charge in [0.2, 0.25) is 0 Å². The average Bonchev–Trinajstić information content (AvgIpc) is 2.53. The zero-order chi connectivity index (χ0) is 19.4. The van der Waals surface area contributed by atoms with Gasteiger partial charge in [0.15, 0.2) is 11.0 Å². The number of nitrogens with two attached hydrogens (primary N) is 1. The molecule has 0 saturated carbocycles. The van der Waals surface area contributed by atoms with E-state index in [1.807, 2.05) is 13.8 Å². The van der Waals surface area contributed by atoms with Crippen molar-refractivity contribution in [3.8, 4) is 0 Å². The van der Waals surface area contributed by atoms with Crippen LogP contribution in [-0.4, -0.2) is 34.1 Å². The smallest absolute Gasteiger partial charge is 0.266 e. The molecule has 0 aliphatic heterocycles. The topological polar surface area (TPSA) is 130 Å². The molecule has 0 atom stereocenters. The second-order valence-corrected chi connectivity index (χ2v) is 6.81. The molecule has 0 aliphatic carbocycles. The van der Waals surface area contributed by atoms with Gasteiger partial charge in [0.1, 0.15) is 5.56 Å². The molecule has 5 N–H and O–H groups in total. The second kappa shape index (κ2) is 8.24. The third-order valence-corrected chi connectivity index (χ3v) is 4.13. The molecule has 0 fully saturated rings. The zero-order valence-electron chi connectivity index (χ0n) is 14.3. The minimum Gasteiger partial charge on any atom is -0.365 e. The normalized spacial score (nSPS) is 10.7. The number of carbonyl (C=O) groups is 2. The van der Waals surface area contributed by atoms with Crippen LogP contribution in [0.25, 0.3) is 0 Å². The summed E-state index contributed by atoms with van der Waals surface area (Å²) < 4.78 is 0. The van der Waals surface area contributed by atoms with E-state index in [1.54, 1.807) is 12.3 Å². The largest absolute Gasteiger partial charge is 0.365 e. The highest BCUT2D eigenvalue weighted by atomic mass is 35.5. The highest BCUT2D eigenvalue weighted by molar-refractivity contribution is 7.98. The number of rotatable bonds is 6. The minimum absolute atomic E-state index is 0.0149. The summed E-state index contributed by atoms with van der Waals surface area (Å²) in [5.74, 6) is -1.19. The van der Waals surface area contributed by atoms with Crippen LogP contribution in [0.4, 0.5) is 11.5 Å².